The van der Waals surface area contributed by atoms with Crippen LogP contribution in [0.4, 0.5) is 0 Å². The van der Waals surface area contributed by atoms with Crippen LogP contribution in [0.25, 0.3) is 0 Å². The summed E-state index contributed by atoms with van der Waals surface area (Å²) in [6, 6.07) is 0. The lowest BCUT2D eigenvalue weighted by Crippen LogP contribution is -2.06. The molecule has 2 heterocycles. The summed E-state index contributed by atoms with van der Waals surface area (Å²) in [6.45, 7) is 4.56. The van der Waals surface area contributed by atoms with Crippen LogP contribution in [0.5, 0.6) is 0 Å². The molecule has 0 amide bonds. The molecule has 2 aliphatic heterocycles. The highest BCUT2D eigenvalue weighted by atomic mass is 31.1. The molecule has 1 nitrogen and oxygen atoms in total. The molecule has 3 atom stereocenters. The maximum atomic E-state index is 5.53. The third-order valence-corrected chi connectivity index (χ3v) is 5.54. The molecule has 0 aliphatic carbocycles. The van der Waals surface area contributed by atoms with Gasteiger partial charge in [-0.3, -0.25) is 0 Å². The van der Waals surface area contributed by atoms with E-state index in [-0.39, 0.29) is 0 Å². The van der Waals surface area contributed by atoms with Crippen LogP contribution in [-0.2, 0) is 4.74 Å². The number of ether oxygens (including phenoxy) is 1. The molecule has 58 valence electrons. The van der Waals surface area contributed by atoms with Crippen molar-refractivity contribution in [3.63, 3.8) is 0 Å². The van der Waals surface area contributed by atoms with Gasteiger partial charge >= 0.3 is 0 Å². The van der Waals surface area contributed by atoms with Crippen LogP contribution in [-0.4, -0.2) is 30.2 Å². The maximum Gasteiger partial charge on any atom is 0.0963 e. The zero-order valence-corrected chi connectivity index (χ0v) is 7.66. The van der Waals surface area contributed by atoms with Crippen molar-refractivity contribution >= 4 is 7.92 Å². The van der Waals surface area contributed by atoms with Gasteiger partial charge < -0.3 is 4.74 Å². The summed E-state index contributed by atoms with van der Waals surface area (Å²) >= 11 is 0. The molecule has 2 aliphatic rings. The highest BCUT2D eigenvalue weighted by molar-refractivity contribution is 7.58. The molecule has 0 aromatic rings. The molecule has 2 saturated heterocycles. The van der Waals surface area contributed by atoms with Gasteiger partial charge in [0.1, 0.15) is 0 Å². The number of rotatable bonds is 2. The van der Waals surface area contributed by atoms with Crippen molar-refractivity contribution in [2.24, 2.45) is 0 Å². The summed E-state index contributed by atoms with van der Waals surface area (Å²) in [6.07, 6.45) is 6.31. The Hall–Kier alpha value is 0.390. The van der Waals surface area contributed by atoms with E-state index >= 15 is 0 Å². The summed E-state index contributed by atoms with van der Waals surface area (Å²) < 4.78 is 5.53. The monoisotopic (exact) mass is 158 g/mol. The second-order valence-corrected chi connectivity index (χ2v) is 6.12. The zero-order chi connectivity index (χ0) is 7.19. The van der Waals surface area contributed by atoms with E-state index in [0.717, 1.165) is 0 Å². The smallest absolute Gasteiger partial charge is 0.0963 e. The first kappa shape index (κ1) is 7.06. The Morgan fingerprint density at radius 3 is 3.00 bits per heavy atom. The first-order valence-electron chi connectivity index (χ1n) is 4.15. The molecule has 2 rings (SSSR count). The fourth-order valence-electron chi connectivity index (χ4n) is 1.89. The lowest BCUT2D eigenvalue weighted by Gasteiger charge is -2.11. The van der Waals surface area contributed by atoms with Gasteiger partial charge in [-0.05, 0) is 25.4 Å². The van der Waals surface area contributed by atoms with Crippen molar-refractivity contribution < 1.29 is 4.74 Å². The summed E-state index contributed by atoms with van der Waals surface area (Å²) in [5.41, 5.74) is 0.362. The Balaban J connectivity index is 1.86. The molecular weight excluding hydrogens is 143 g/mol. The summed E-state index contributed by atoms with van der Waals surface area (Å²) in [4.78, 5) is 0. The summed E-state index contributed by atoms with van der Waals surface area (Å²) in [5.74, 6) is 0. The minimum absolute atomic E-state index is 0.362. The molecule has 1 unspecified atom stereocenters. The van der Waals surface area contributed by atoms with Gasteiger partial charge in [0.25, 0.3) is 0 Å². The molecule has 0 spiro atoms. The molecule has 0 radical (unpaired) electrons. The lowest BCUT2D eigenvalue weighted by atomic mass is 10.2. The highest BCUT2D eigenvalue weighted by Gasteiger charge is 2.58. The molecule has 0 bridgehead atoms. The van der Waals surface area contributed by atoms with Crippen LogP contribution in [0.3, 0.4) is 0 Å². The highest BCUT2D eigenvalue weighted by Crippen LogP contribution is 2.59. The number of hydrogen-bond donors (Lipinski definition) is 0. The average molecular weight is 158 g/mol. The molecule has 0 aromatic heterocycles. The van der Waals surface area contributed by atoms with Crippen molar-refractivity contribution in [2.45, 2.75) is 32.0 Å². The first-order valence-corrected chi connectivity index (χ1v) is 6.04. The van der Waals surface area contributed by atoms with E-state index in [9.17, 15) is 0 Å². The molecule has 2 heteroatoms. The molecule has 0 aromatic carbocycles. The topological polar surface area (TPSA) is 12.5 Å². The van der Waals surface area contributed by atoms with E-state index in [1.807, 2.05) is 0 Å². The van der Waals surface area contributed by atoms with Gasteiger partial charge in [0.05, 0.1) is 11.7 Å². The van der Waals surface area contributed by atoms with Crippen molar-refractivity contribution in [3.8, 4) is 0 Å². The minimum atomic E-state index is 0.362. The molecule has 2 fully saturated rings. The summed E-state index contributed by atoms with van der Waals surface area (Å²) in [5, 5.41) is 0. The van der Waals surface area contributed by atoms with Crippen molar-refractivity contribution in [1.29, 1.82) is 0 Å². The third-order valence-electron chi connectivity index (χ3n) is 2.54. The Labute approximate surface area is 63.9 Å². The first-order chi connectivity index (χ1) is 4.74. The van der Waals surface area contributed by atoms with Gasteiger partial charge in [0.2, 0.25) is 0 Å². The number of epoxide rings is 1. The average Bonchev–Trinajstić information content (AvgIpc) is 2.34. The van der Waals surface area contributed by atoms with Crippen molar-refractivity contribution in [3.05, 3.63) is 0 Å². The normalized spacial score (nSPS) is 51.0. The van der Waals surface area contributed by atoms with Gasteiger partial charge in [-0.2, -0.15) is 0 Å². The second-order valence-electron chi connectivity index (χ2n) is 3.65. The Morgan fingerprint density at radius 1 is 1.70 bits per heavy atom. The van der Waals surface area contributed by atoms with Gasteiger partial charge in [0.15, 0.2) is 0 Å². The fraction of sp³-hybridized carbons (Fsp3) is 1.00. The lowest BCUT2D eigenvalue weighted by molar-refractivity contribution is 0.326. The Morgan fingerprint density at radius 2 is 2.50 bits per heavy atom. The van der Waals surface area contributed by atoms with E-state index in [2.05, 4.69) is 13.8 Å². The summed E-state index contributed by atoms with van der Waals surface area (Å²) in [7, 11) is 0.392. The largest absolute Gasteiger partial charge is 0.366 e. The second kappa shape index (κ2) is 2.19. The SMILES string of the molecule is CCCP1C[C@@H]2O[C@@]2(C)C1. The molecule has 0 saturated carbocycles. The zero-order valence-electron chi connectivity index (χ0n) is 6.76. The Kier molecular flexibility index (Phi) is 1.54. The standard InChI is InChI=1S/C8H15OP/c1-3-4-10-5-7-8(2,6-10)9-7/h7H,3-6H2,1-2H3/t7-,8-,10?/m0/s1. The third kappa shape index (κ3) is 1.00. The van der Waals surface area contributed by atoms with E-state index in [1.54, 1.807) is 0 Å². The number of fused-ring (bicyclic) bond motifs is 1. The molecular formula is C8H15OP. The van der Waals surface area contributed by atoms with E-state index in [0.29, 0.717) is 19.6 Å². The van der Waals surface area contributed by atoms with Crippen LogP contribution in [0.15, 0.2) is 0 Å². The van der Waals surface area contributed by atoms with Crippen molar-refractivity contribution in [1.82, 2.24) is 0 Å². The van der Waals surface area contributed by atoms with Crippen LogP contribution < -0.4 is 0 Å². The maximum absolute atomic E-state index is 5.53. The van der Waals surface area contributed by atoms with Crippen molar-refractivity contribution in [2.75, 3.05) is 18.5 Å². The van der Waals surface area contributed by atoms with E-state index in [1.165, 1.54) is 24.9 Å². The Bertz CT molecular complexity index is 148. The van der Waals surface area contributed by atoms with Crippen LogP contribution >= 0.6 is 7.92 Å². The van der Waals surface area contributed by atoms with Gasteiger partial charge in [0, 0.05) is 0 Å². The quantitative estimate of drug-likeness (QED) is 0.442. The van der Waals surface area contributed by atoms with Crippen LogP contribution in [0, 0.1) is 0 Å². The predicted octanol–water partition coefficient (Wildman–Crippen LogP) is 2.05. The van der Waals surface area contributed by atoms with Crippen LogP contribution in [0.1, 0.15) is 20.3 Å². The predicted molar refractivity (Wildman–Crippen MR) is 45.1 cm³/mol. The van der Waals surface area contributed by atoms with Gasteiger partial charge in [-0.25, -0.2) is 0 Å². The van der Waals surface area contributed by atoms with Gasteiger partial charge in [-0.1, -0.05) is 13.3 Å². The minimum Gasteiger partial charge on any atom is -0.366 e. The van der Waals surface area contributed by atoms with Gasteiger partial charge in [-0.15, -0.1) is 7.92 Å². The van der Waals surface area contributed by atoms with Crippen LogP contribution in [0.2, 0.25) is 0 Å². The molecule has 10 heavy (non-hydrogen) atoms. The number of hydrogen-bond acceptors (Lipinski definition) is 1. The molecule has 0 N–H and O–H groups in total. The van der Waals surface area contributed by atoms with E-state index < -0.39 is 0 Å². The van der Waals surface area contributed by atoms with E-state index in [4.69, 9.17) is 4.74 Å². The fourth-order valence-corrected chi connectivity index (χ4v) is 5.09.